The molecule has 0 radical (unpaired) electrons. The summed E-state index contributed by atoms with van der Waals surface area (Å²) in [7, 11) is 0. The molecule has 2 amide bonds. The minimum atomic E-state index is -0.266. The molecule has 2 atom stereocenters. The normalized spacial score (nSPS) is 23.8. The summed E-state index contributed by atoms with van der Waals surface area (Å²) in [5.41, 5.74) is 1.10. The highest BCUT2D eigenvalue weighted by Gasteiger charge is 2.34. The number of hydrogen-bond acceptors (Lipinski definition) is 4. The molecule has 2 N–H and O–H groups in total. The number of nitrogens with one attached hydrogen (secondary N) is 2. The van der Waals surface area contributed by atoms with E-state index in [4.69, 9.17) is 4.74 Å². The van der Waals surface area contributed by atoms with Gasteiger partial charge in [0.1, 0.15) is 6.04 Å². The van der Waals surface area contributed by atoms with Gasteiger partial charge >= 0.3 is 0 Å². The maximum atomic E-state index is 12.6. The van der Waals surface area contributed by atoms with Crippen molar-refractivity contribution in [2.45, 2.75) is 38.5 Å². The summed E-state index contributed by atoms with van der Waals surface area (Å²) in [5, 5.41) is 6.25. The van der Waals surface area contributed by atoms with E-state index in [1.807, 2.05) is 42.2 Å². The second-order valence-corrected chi connectivity index (χ2v) is 6.81. The number of hydrogen-bond donors (Lipinski definition) is 2. The Morgan fingerprint density at radius 2 is 1.92 bits per heavy atom. The molecule has 26 heavy (non-hydrogen) atoms. The number of likely N-dealkylation sites (tertiary alicyclic amines) is 1. The molecule has 0 saturated carbocycles. The van der Waals surface area contributed by atoms with Crippen molar-refractivity contribution in [2.75, 3.05) is 26.2 Å². The summed E-state index contributed by atoms with van der Waals surface area (Å²) < 4.78 is 5.56. The van der Waals surface area contributed by atoms with Crippen molar-refractivity contribution >= 4 is 24.2 Å². The first kappa shape index (κ1) is 20.7. The van der Waals surface area contributed by atoms with Gasteiger partial charge in [-0.2, -0.15) is 0 Å². The second-order valence-electron chi connectivity index (χ2n) is 6.81. The molecule has 0 spiro atoms. The van der Waals surface area contributed by atoms with Crippen molar-refractivity contribution in [3.63, 3.8) is 0 Å². The predicted octanol–water partition coefficient (Wildman–Crippen LogP) is 1.34. The predicted molar refractivity (Wildman–Crippen MR) is 102 cm³/mol. The largest absolute Gasteiger partial charge is 0.375 e. The molecule has 1 aromatic carbocycles. The number of carbonyl (C=O) groups excluding carboxylic acids is 2. The van der Waals surface area contributed by atoms with Gasteiger partial charge in [-0.1, -0.05) is 30.3 Å². The summed E-state index contributed by atoms with van der Waals surface area (Å²) in [6.45, 7) is 5.10. The van der Waals surface area contributed by atoms with Crippen LogP contribution in [0.1, 0.15) is 25.3 Å². The van der Waals surface area contributed by atoms with Gasteiger partial charge in [0.25, 0.3) is 0 Å². The van der Waals surface area contributed by atoms with Crippen LogP contribution in [0.3, 0.4) is 0 Å². The molecule has 6 nitrogen and oxygen atoms in total. The number of benzene rings is 1. The van der Waals surface area contributed by atoms with E-state index in [0.717, 1.165) is 5.56 Å². The zero-order valence-corrected chi connectivity index (χ0v) is 16.0. The number of morpholine rings is 1. The molecular weight excluding hydrogens is 354 g/mol. The minimum Gasteiger partial charge on any atom is -0.375 e. The smallest absolute Gasteiger partial charge is 0.242 e. The number of ether oxygens (including phenoxy) is 1. The molecule has 2 fully saturated rings. The first-order valence-electron chi connectivity index (χ1n) is 9.10. The van der Waals surface area contributed by atoms with E-state index in [1.165, 1.54) is 0 Å². The second kappa shape index (κ2) is 9.90. The fourth-order valence-corrected chi connectivity index (χ4v) is 3.50. The third kappa shape index (κ3) is 5.19. The maximum Gasteiger partial charge on any atom is 0.242 e. The van der Waals surface area contributed by atoms with E-state index < -0.39 is 0 Å². The SMILES string of the molecule is C[C@H]1OCCN[C@@H]1C(=O)N1CCC(C(=O)NCc2ccccc2)CC1.Cl. The third-order valence-electron chi connectivity index (χ3n) is 5.07. The van der Waals surface area contributed by atoms with Gasteiger partial charge in [0.05, 0.1) is 12.7 Å². The number of amides is 2. The Bertz CT molecular complexity index is 591. The Labute approximate surface area is 161 Å². The van der Waals surface area contributed by atoms with Crippen molar-refractivity contribution in [3.05, 3.63) is 35.9 Å². The highest BCUT2D eigenvalue weighted by atomic mass is 35.5. The number of halogens is 1. The molecule has 2 saturated heterocycles. The molecule has 1 aromatic rings. The van der Waals surface area contributed by atoms with Crippen LogP contribution in [-0.2, 0) is 20.9 Å². The van der Waals surface area contributed by atoms with Crippen LogP contribution >= 0.6 is 12.4 Å². The molecule has 2 aliphatic heterocycles. The first-order chi connectivity index (χ1) is 12.1. The lowest BCUT2D eigenvalue weighted by Gasteiger charge is -2.37. The molecule has 2 heterocycles. The van der Waals surface area contributed by atoms with Crippen molar-refractivity contribution in [2.24, 2.45) is 5.92 Å². The fraction of sp³-hybridized carbons (Fsp3) is 0.579. The van der Waals surface area contributed by atoms with Crippen molar-refractivity contribution < 1.29 is 14.3 Å². The number of rotatable bonds is 4. The lowest BCUT2D eigenvalue weighted by Crippen LogP contribution is -2.57. The van der Waals surface area contributed by atoms with Gasteiger partial charge in [-0.05, 0) is 25.3 Å². The lowest BCUT2D eigenvalue weighted by atomic mass is 9.95. The highest BCUT2D eigenvalue weighted by molar-refractivity contribution is 5.85. The standard InChI is InChI=1S/C19H27N3O3.ClH/c1-14-17(20-9-12-25-14)19(24)22-10-7-16(8-11-22)18(23)21-13-15-5-3-2-4-6-15;/h2-6,14,16-17,20H,7-13H2,1H3,(H,21,23);1H/t14-,17+;/m1./s1. The van der Waals surface area contributed by atoms with Crippen molar-refractivity contribution in [1.29, 1.82) is 0 Å². The van der Waals surface area contributed by atoms with Crippen LogP contribution in [0.4, 0.5) is 0 Å². The van der Waals surface area contributed by atoms with Crippen LogP contribution in [-0.4, -0.2) is 55.1 Å². The van der Waals surface area contributed by atoms with Crippen LogP contribution in [0.2, 0.25) is 0 Å². The summed E-state index contributed by atoms with van der Waals surface area (Å²) in [5.74, 6) is 0.166. The third-order valence-corrected chi connectivity index (χ3v) is 5.07. The number of piperidine rings is 1. The van der Waals surface area contributed by atoms with Crippen LogP contribution < -0.4 is 10.6 Å². The van der Waals surface area contributed by atoms with Crippen LogP contribution in [0.15, 0.2) is 30.3 Å². The molecule has 0 aliphatic carbocycles. The van der Waals surface area contributed by atoms with E-state index in [9.17, 15) is 9.59 Å². The Kier molecular flexibility index (Phi) is 7.87. The lowest BCUT2D eigenvalue weighted by molar-refractivity contribution is -0.142. The van der Waals surface area contributed by atoms with Gasteiger partial charge in [-0.25, -0.2) is 0 Å². The van der Waals surface area contributed by atoms with Gasteiger partial charge in [-0.3, -0.25) is 9.59 Å². The van der Waals surface area contributed by atoms with Crippen LogP contribution in [0.5, 0.6) is 0 Å². The molecule has 3 rings (SSSR count). The van der Waals surface area contributed by atoms with E-state index >= 15 is 0 Å². The summed E-state index contributed by atoms with van der Waals surface area (Å²) in [6, 6.07) is 9.64. The average Bonchev–Trinajstić information content (AvgIpc) is 2.67. The summed E-state index contributed by atoms with van der Waals surface area (Å²) in [6.07, 6.45) is 1.33. The van der Waals surface area contributed by atoms with Gasteiger partial charge < -0.3 is 20.3 Å². The van der Waals surface area contributed by atoms with Crippen molar-refractivity contribution in [1.82, 2.24) is 15.5 Å². The molecule has 2 aliphatic rings. The van der Waals surface area contributed by atoms with Gasteiger partial charge in [-0.15, -0.1) is 12.4 Å². The van der Waals surface area contributed by atoms with E-state index in [1.54, 1.807) is 0 Å². The Morgan fingerprint density at radius 3 is 2.58 bits per heavy atom. The van der Waals surface area contributed by atoms with Crippen LogP contribution in [0, 0.1) is 5.92 Å². The molecule has 7 heteroatoms. The zero-order valence-electron chi connectivity index (χ0n) is 15.1. The minimum absolute atomic E-state index is 0. The summed E-state index contributed by atoms with van der Waals surface area (Å²) in [4.78, 5) is 26.9. The fourth-order valence-electron chi connectivity index (χ4n) is 3.50. The Morgan fingerprint density at radius 1 is 1.23 bits per heavy atom. The average molecular weight is 382 g/mol. The first-order valence-corrected chi connectivity index (χ1v) is 9.10. The van der Waals surface area contributed by atoms with Gasteiger partial charge in [0.15, 0.2) is 0 Å². The quantitative estimate of drug-likeness (QED) is 0.825. The molecule has 0 aromatic heterocycles. The van der Waals surface area contributed by atoms with Gasteiger partial charge in [0, 0.05) is 32.1 Å². The highest BCUT2D eigenvalue weighted by Crippen LogP contribution is 2.19. The maximum absolute atomic E-state index is 12.6. The topological polar surface area (TPSA) is 70.7 Å². The zero-order chi connectivity index (χ0) is 17.6. The van der Waals surface area contributed by atoms with E-state index in [0.29, 0.717) is 45.6 Å². The monoisotopic (exact) mass is 381 g/mol. The number of nitrogens with zero attached hydrogens (tertiary/aromatic N) is 1. The van der Waals surface area contributed by atoms with Gasteiger partial charge in [0.2, 0.25) is 11.8 Å². The molecule has 0 unspecified atom stereocenters. The van der Waals surface area contributed by atoms with Crippen molar-refractivity contribution in [3.8, 4) is 0 Å². The van der Waals surface area contributed by atoms with E-state index in [2.05, 4.69) is 10.6 Å². The molecule has 0 bridgehead atoms. The summed E-state index contributed by atoms with van der Waals surface area (Å²) >= 11 is 0. The number of carbonyl (C=O) groups is 2. The Balaban J connectivity index is 0.00000243. The molecule has 144 valence electrons. The van der Waals surface area contributed by atoms with E-state index in [-0.39, 0.29) is 42.3 Å². The van der Waals surface area contributed by atoms with Crippen LogP contribution in [0.25, 0.3) is 0 Å². The Hall–Kier alpha value is -1.63. The molecular formula is C19H28ClN3O3.